The molecule has 0 saturated carbocycles. The summed E-state index contributed by atoms with van der Waals surface area (Å²) in [4.78, 5) is 10.6. The maximum Gasteiger partial charge on any atom is 0.324 e. The second-order valence-electron chi connectivity index (χ2n) is 2.25. The first-order valence-corrected chi connectivity index (χ1v) is 5.04. The second kappa shape index (κ2) is 4.39. The van der Waals surface area contributed by atoms with E-state index in [1.54, 1.807) is 0 Å². The number of carbonyl (C=O) groups is 1. The molecule has 0 aliphatic heterocycles. The van der Waals surface area contributed by atoms with Crippen molar-refractivity contribution in [2.24, 2.45) is 5.73 Å². The van der Waals surface area contributed by atoms with Crippen LogP contribution in [0.2, 0.25) is 0 Å². The number of ether oxygens (including phenoxy) is 1. The van der Waals surface area contributed by atoms with Crippen molar-refractivity contribution in [3.05, 3.63) is 0 Å². The Morgan fingerprint density at radius 2 is 2.17 bits per heavy atom. The molecule has 6 nitrogen and oxygen atoms in total. The van der Waals surface area contributed by atoms with Gasteiger partial charge < -0.3 is 10.5 Å². The fourth-order valence-corrected chi connectivity index (χ4v) is 0.958. The summed E-state index contributed by atoms with van der Waals surface area (Å²) in [7, 11) is -2.12. The Kier molecular flexibility index (Phi) is 4.15. The zero-order chi connectivity index (χ0) is 9.78. The maximum absolute atomic E-state index is 10.6. The largest absolute Gasteiger partial charge is 0.468 e. The van der Waals surface area contributed by atoms with Gasteiger partial charge in [-0.1, -0.05) is 0 Å². The number of nitrogens with two attached hydrogens (primary N) is 1. The number of carbonyl (C=O) groups excluding carboxylic acids is 1. The third-order valence-electron chi connectivity index (χ3n) is 1.07. The molecular weight excluding hydrogens is 184 g/mol. The van der Waals surface area contributed by atoms with E-state index >= 15 is 0 Å². The highest BCUT2D eigenvalue weighted by Gasteiger charge is 2.14. The van der Waals surface area contributed by atoms with Crippen molar-refractivity contribution in [1.29, 1.82) is 0 Å². The Hall–Kier alpha value is -0.660. The van der Waals surface area contributed by atoms with E-state index in [0.29, 0.717) is 0 Å². The molecule has 1 atom stereocenters. The van der Waals surface area contributed by atoms with Crippen LogP contribution < -0.4 is 10.5 Å². The van der Waals surface area contributed by atoms with Crippen molar-refractivity contribution < 1.29 is 17.9 Å². The first-order valence-electron chi connectivity index (χ1n) is 3.15. The van der Waals surface area contributed by atoms with Gasteiger partial charge >= 0.3 is 5.97 Å². The summed E-state index contributed by atoms with van der Waals surface area (Å²) in [6.45, 7) is -0.147. The molecule has 0 aromatic rings. The van der Waals surface area contributed by atoms with Crippen molar-refractivity contribution >= 4 is 16.0 Å². The van der Waals surface area contributed by atoms with Crippen LogP contribution in [0.5, 0.6) is 0 Å². The third-order valence-corrected chi connectivity index (χ3v) is 1.76. The fraction of sp³-hybridized carbons (Fsp3) is 0.800. The lowest BCUT2D eigenvalue weighted by atomic mass is 10.3. The highest BCUT2D eigenvalue weighted by atomic mass is 32.2. The molecule has 0 amide bonds. The highest BCUT2D eigenvalue weighted by Crippen LogP contribution is 1.82. The van der Waals surface area contributed by atoms with E-state index in [1.165, 1.54) is 7.11 Å². The molecule has 0 bridgehead atoms. The van der Waals surface area contributed by atoms with Gasteiger partial charge in [0.2, 0.25) is 10.0 Å². The summed E-state index contributed by atoms with van der Waals surface area (Å²) in [6.07, 6.45) is 0.983. The predicted octanol–water partition coefficient (Wildman–Crippen LogP) is -1.96. The van der Waals surface area contributed by atoms with Gasteiger partial charge in [-0.25, -0.2) is 13.1 Å². The summed E-state index contributed by atoms with van der Waals surface area (Å²) >= 11 is 0. The lowest BCUT2D eigenvalue weighted by Gasteiger charge is -2.08. The fourth-order valence-electron chi connectivity index (χ4n) is 0.476. The van der Waals surface area contributed by atoms with Gasteiger partial charge in [-0.15, -0.1) is 0 Å². The first kappa shape index (κ1) is 11.3. The highest BCUT2D eigenvalue weighted by molar-refractivity contribution is 7.88. The van der Waals surface area contributed by atoms with Gasteiger partial charge in [0.05, 0.1) is 13.4 Å². The number of esters is 1. The maximum atomic E-state index is 10.6. The van der Waals surface area contributed by atoms with Crippen LogP contribution in [0, 0.1) is 0 Å². The number of nitrogens with one attached hydrogen (secondary N) is 1. The van der Waals surface area contributed by atoms with Crippen LogP contribution in [0.1, 0.15) is 0 Å². The average Bonchev–Trinajstić information content (AvgIpc) is 1.97. The van der Waals surface area contributed by atoms with Crippen LogP contribution in [-0.4, -0.2) is 40.3 Å². The zero-order valence-corrected chi connectivity index (χ0v) is 7.72. The Morgan fingerprint density at radius 1 is 1.67 bits per heavy atom. The molecule has 0 aromatic heterocycles. The van der Waals surface area contributed by atoms with Gasteiger partial charge in [0, 0.05) is 6.54 Å². The molecule has 0 aliphatic rings. The number of sulfonamides is 1. The molecule has 0 heterocycles. The lowest BCUT2D eigenvalue weighted by molar-refractivity contribution is -0.141. The van der Waals surface area contributed by atoms with E-state index in [4.69, 9.17) is 5.73 Å². The molecule has 1 unspecified atom stereocenters. The van der Waals surface area contributed by atoms with Crippen molar-refractivity contribution in [2.45, 2.75) is 6.04 Å². The van der Waals surface area contributed by atoms with E-state index in [0.717, 1.165) is 6.26 Å². The number of rotatable bonds is 4. The van der Waals surface area contributed by atoms with Gasteiger partial charge in [0.1, 0.15) is 6.04 Å². The summed E-state index contributed by atoms with van der Waals surface area (Å²) in [5.74, 6) is -0.647. The minimum Gasteiger partial charge on any atom is -0.468 e. The topological polar surface area (TPSA) is 98.5 Å². The quantitative estimate of drug-likeness (QED) is 0.508. The Balaban J connectivity index is 3.88. The smallest absolute Gasteiger partial charge is 0.324 e. The standard InChI is InChI=1S/C5H12N2O4S/c1-11-5(8)4(6)3-7-12(2,9)10/h4,7H,3,6H2,1-2H3. The number of hydrogen-bond donors (Lipinski definition) is 2. The van der Waals surface area contributed by atoms with Crippen LogP contribution in [0.4, 0.5) is 0 Å². The molecule has 12 heavy (non-hydrogen) atoms. The average molecular weight is 196 g/mol. The molecule has 0 aromatic carbocycles. The Bertz CT molecular complexity index is 248. The third kappa shape index (κ3) is 5.05. The predicted molar refractivity (Wildman–Crippen MR) is 42.8 cm³/mol. The SMILES string of the molecule is COC(=O)C(N)CNS(C)(=O)=O. The van der Waals surface area contributed by atoms with E-state index in [9.17, 15) is 13.2 Å². The van der Waals surface area contributed by atoms with Gasteiger partial charge in [-0.05, 0) is 0 Å². The van der Waals surface area contributed by atoms with Crippen molar-refractivity contribution in [3.8, 4) is 0 Å². The van der Waals surface area contributed by atoms with Crippen molar-refractivity contribution in [1.82, 2.24) is 4.72 Å². The van der Waals surface area contributed by atoms with E-state index in [-0.39, 0.29) is 6.54 Å². The molecule has 0 spiro atoms. The van der Waals surface area contributed by atoms with Crippen LogP contribution >= 0.6 is 0 Å². The van der Waals surface area contributed by atoms with Crippen LogP contribution in [0.25, 0.3) is 0 Å². The van der Waals surface area contributed by atoms with E-state index in [2.05, 4.69) is 9.46 Å². The van der Waals surface area contributed by atoms with E-state index in [1.807, 2.05) is 0 Å². The van der Waals surface area contributed by atoms with Gasteiger partial charge in [0.25, 0.3) is 0 Å². The Morgan fingerprint density at radius 3 is 2.50 bits per heavy atom. The number of methoxy groups -OCH3 is 1. The van der Waals surface area contributed by atoms with Crippen molar-refractivity contribution in [3.63, 3.8) is 0 Å². The van der Waals surface area contributed by atoms with Gasteiger partial charge in [-0.2, -0.15) is 0 Å². The molecule has 0 aliphatic carbocycles. The normalized spacial score (nSPS) is 13.9. The summed E-state index contributed by atoms with van der Waals surface area (Å²) in [6, 6.07) is -0.954. The number of hydrogen-bond acceptors (Lipinski definition) is 5. The zero-order valence-electron chi connectivity index (χ0n) is 6.90. The molecule has 0 radical (unpaired) electrons. The minimum absolute atomic E-state index is 0.147. The molecule has 0 saturated heterocycles. The van der Waals surface area contributed by atoms with Crippen LogP contribution in [-0.2, 0) is 19.6 Å². The molecule has 3 N–H and O–H groups in total. The lowest BCUT2D eigenvalue weighted by Crippen LogP contribution is -2.42. The Labute approximate surface area is 71.1 Å². The summed E-state index contributed by atoms with van der Waals surface area (Å²) in [5.41, 5.74) is 5.23. The monoisotopic (exact) mass is 196 g/mol. The van der Waals surface area contributed by atoms with Gasteiger partial charge in [0.15, 0.2) is 0 Å². The molecule has 0 fully saturated rings. The van der Waals surface area contributed by atoms with Crippen LogP contribution in [0.15, 0.2) is 0 Å². The molecular formula is C5H12N2O4S. The van der Waals surface area contributed by atoms with Crippen LogP contribution in [0.3, 0.4) is 0 Å². The molecule has 0 rings (SSSR count). The summed E-state index contributed by atoms with van der Waals surface area (Å²) in [5, 5.41) is 0. The minimum atomic E-state index is -3.30. The summed E-state index contributed by atoms with van der Waals surface area (Å²) < 4.78 is 27.4. The second-order valence-corrected chi connectivity index (χ2v) is 4.08. The van der Waals surface area contributed by atoms with Crippen molar-refractivity contribution in [2.75, 3.05) is 19.9 Å². The first-order chi connectivity index (χ1) is 5.37. The molecule has 7 heteroatoms. The molecule has 72 valence electrons. The van der Waals surface area contributed by atoms with E-state index < -0.39 is 22.0 Å². The van der Waals surface area contributed by atoms with Gasteiger partial charge in [-0.3, -0.25) is 4.79 Å².